The van der Waals surface area contributed by atoms with Crippen molar-refractivity contribution in [1.29, 1.82) is 0 Å². The van der Waals surface area contributed by atoms with Gasteiger partial charge >= 0.3 is 0 Å². The number of anilines is 14. The largest absolute Gasteiger partial charge is 0.395 e. The Morgan fingerprint density at radius 3 is 1.36 bits per heavy atom. The lowest BCUT2D eigenvalue weighted by Crippen LogP contribution is -2.38. The molecule has 0 spiro atoms. The summed E-state index contributed by atoms with van der Waals surface area (Å²) in [6, 6.07) is 37.8. The molecule has 121 heavy (non-hydrogen) atoms. The summed E-state index contributed by atoms with van der Waals surface area (Å²) in [5, 5.41) is 42.3. The summed E-state index contributed by atoms with van der Waals surface area (Å²) in [5.41, 5.74) is 10.3. The van der Waals surface area contributed by atoms with Crippen LogP contribution in [-0.4, -0.2) is 197 Å². The lowest BCUT2D eigenvalue weighted by Gasteiger charge is -2.26. The van der Waals surface area contributed by atoms with Crippen LogP contribution in [0.5, 0.6) is 0 Å². The van der Waals surface area contributed by atoms with E-state index in [4.69, 9.17) is 55.4 Å². The SMILES string of the molecule is C#Cc1cccc(Nc2ncnc3nc(Nc4ccc(CN5CCC[C@@H]5CO)cc4)sc23)c1.CC(C)OCCNCc1ccc(Nc2nc3ncnc(Nc4ccc(F)c(Cl)c4)c3s2)cc1.Fc1ccc(Nc2ncnc3nc(NCCCN4CCOCC4)sc23)cc1Cl.Fc1ccc(Nc2ncnc3nc(NCCN4CCOCC4)sc23)cc1Cl. The summed E-state index contributed by atoms with van der Waals surface area (Å²) in [7, 11) is 0. The number of thiazole rings is 4. The zero-order chi connectivity index (χ0) is 83.8. The fourth-order valence-corrected chi connectivity index (χ4v) is 16.9. The summed E-state index contributed by atoms with van der Waals surface area (Å²) in [6.45, 7) is 19.2. The van der Waals surface area contributed by atoms with E-state index in [0.29, 0.717) is 74.7 Å². The number of aromatic nitrogens is 12. The number of aliphatic hydroxyl groups excluding tert-OH is 1. The molecule has 6 aromatic carbocycles. The molecule has 3 aliphatic heterocycles. The van der Waals surface area contributed by atoms with E-state index in [1.165, 1.54) is 118 Å². The third kappa shape index (κ3) is 24.9. The molecule has 14 aromatic rings. The minimum atomic E-state index is -0.471. The van der Waals surface area contributed by atoms with Gasteiger partial charge in [0.1, 0.15) is 61.6 Å². The molecule has 0 amide bonds. The number of fused-ring (bicyclic) bond motifs is 4. The van der Waals surface area contributed by atoms with Crippen molar-refractivity contribution in [3.8, 4) is 12.3 Å². The number of nitrogens with one attached hydrogen (secondary N) is 9. The maximum Gasteiger partial charge on any atom is 0.189 e. The van der Waals surface area contributed by atoms with Crippen LogP contribution in [0, 0.1) is 29.8 Å². The van der Waals surface area contributed by atoms with Crippen molar-refractivity contribution in [3.05, 3.63) is 202 Å². The second-order valence-corrected chi connectivity index (χ2v) is 33.2. The molecule has 0 saturated carbocycles. The number of hydrogen-bond donors (Lipinski definition) is 10. The number of nitrogens with zero attached hydrogens (tertiary/aromatic N) is 15. The van der Waals surface area contributed by atoms with Crippen LogP contribution < -0.4 is 47.9 Å². The highest BCUT2D eigenvalue weighted by Crippen LogP contribution is 2.38. The predicted octanol–water partition coefficient (Wildman–Crippen LogP) is 17.5. The highest BCUT2D eigenvalue weighted by molar-refractivity contribution is 7.23. The maximum absolute atomic E-state index is 13.4. The van der Waals surface area contributed by atoms with Crippen LogP contribution in [0.1, 0.15) is 49.8 Å². The molecule has 8 aromatic heterocycles. The van der Waals surface area contributed by atoms with E-state index < -0.39 is 17.5 Å². The van der Waals surface area contributed by atoms with Gasteiger partial charge in [0.05, 0.1) is 60.8 Å². The molecular formula is C83H86Cl3F3N24O4S4. The van der Waals surface area contributed by atoms with Crippen LogP contribution in [0.3, 0.4) is 0 Å². The summed E-state index contributed by atoms with van der Waals surface area (Å²) in [6.07, 6.45) is 14.9. The van der Waals surface area contributed by atoms with Crippen molar-refractivity contribution in [1.82, 2.24) is 79.8 Å². The number of benzene rings is 6. The van der Waals surface area contributed by atoms with Crippen molar-refractivity contribution < 1.29 is 32.5 Å². The summed E-state index contributed by atoms with van der Waals surface area (Å²) >= 11 is 23.5. The number of halogens is 6. The van der Waals surface area contributed by atoms with Crippen LogP contribution in [0.4, 0.5) is 91.1 Å². The second-order valence-electron chi connectivity index (χ2n) is 28.0. The van der Waals surface area contributed by atoms with Crippen LogP contribution in [0.2, 0.25) is 15.1 Å². The lowest BCUT2D eigenvalue weighted by atomic mass is 10.1. The molecule has 28 nitrogen and oxygen atoms in total. The van der Waals surface area contributed by atoms with E-state index in [1.807, 2.05) is 50.2 Å². The van der Waals surface area contributed by atoms with Crippen molar-refractivity contribution in [2.75, 3.05) is 148 Å². The molecule has 3 fully saturated rings. The second kappa shape index (κ2) is 43.3. The van der Waals surface area contributed by atoms with Crippen LogP contribution in [-0.2, 0) is 27.3 Å². The van der Waals surface area contributed by atoms with Gasteiger partial charge in [-0.05, 0) is 154 Å². The fourth-order valence-electron chi connectivity index (χ4n) is 12.8. The highest BCUT2D eigenvalue weighted by atomic mass is 35.5. The van der Waals surface area contributed by atoms with E-state index in [2.05, 4.69) is 165 Å². The average Bonchev–Trinajstić information content (AvgIpc) is 1.68. The molecule has 0 bridgehead atoms. The van der Waals surface area contributed by atoms with Gasteiger partial charge in [0, 0.05) is 111 Å². The van der Waals surface area contributed by atoms with Gasteiger partial charge in [0.2, 0.25) is 0 Å². The number of terminal acetylenes is 1. The molecule has 0 aliphatic carbocycles. The molecule has 38 heteroatoms. The average molecular weight is 1780 g/mol. The maximum atomic E-state index is 13.4. The van der Waals surface area contributed by atoms with Crippen molar-refractivity contribution in [2.45, 2.75) is 58.3 Å². The van der Waals surface area contributed by atoms with E-state index in [-0.39, 0.29) is 33.8 Å². The van der Waals surface area contributed by atoms with Gasteiger partial charge in [-0.3, -0.25) is 14.7 Å². The van der Waals surface area contributed by atoms with Crippen molar-refractivity contribution >= 4 is 199 Å². The van der Waals surface area contributed by atoms with Crippen LogP contribution in [0.15, 0.2) is 153 Å². The Morgan fingerprint density at radius 1 is 0.496 bits per heavy atom. The Labute approximate surface area is 726 Å². The fraction of sp³-hybridized carbons (Fsp3) is 0.301. The highest BCUT2D eigenvalue weighted by Gasteiger charge is 2.25. The molecule has 628 valence electrons. The lowest BCUT2D eigenvalue weighted by molar-refractivity contribution is 0.0378. The molecule has 11 heterocycles. The van der Waals surface area contributed by atoms with E-state index in [9.17, 15) is 18.3 Å². The molecule has 1 atom stereocenters. The summed E-state index contributed by atoms with van der Waals surface area (Å²) in [4.78, 5) is 59.6. The molecule has 0 radical (unpaired) electrons. The standard InChI is InChI=1S/C25H24N6OS.C23H24ClFN6OS.C18H20ClFN6OS.C17H18ClFN6OS/c1-2-17-5-3-6-20(13-17)28-23-22-24(27-16-26-23)30-25(33-22)29-19-10-8-18(9-11-19)14-31-12-4-7-21(31)15-32;1-14(2)32-10-9-26-12-15-3-5-16(6-4-15)30-23-31-22-20(33-23)21(27-13-28-22)29-17-7-8-19(25)18(24)11-17;19-13-10-12(2-3-14(13)20)24-16-15-17(23-11-22-16)25-18(28-15)21-4-1-5-26-6-8-27-9-7-26;18-12-9-11(1-2-13(12)19)23-15-14-16(22-10-21-15)24-17(27-14)20-3-4-25-5-7-26-8-6-25/h1,3,5-6,8-11,13,16,21,32H,4,7,12,14-15H2,(H2,26,27,28,29,30);3-8,11,13-14,26H,9-10,12H2,1-2H3,(H2,27,28,29,30,31);2-3,10-11H,1,4-9H2,(H2,21,22,23,24,25);1-2,9-10H,3-8H2,(H2,20,21,22,23,24)/t21-;;;/m1.../s1. The number of likely N-dealkylation sites (tertiary alicyclic amines) is 1. The van der Waals surface area contributed by atoms with Gasteiger partial charge in [-0.2, -0.15) is 19.9 Å². The van der Waals surface area contributed by atoms with Crippen molar-refractivity contribution in [2.24, 2.45) is 0 Å². The van der Waals surface area contributed by atoms with E-state index in [0.717, 1.165) is 181 Å². The van der Waals surface area contributed by atoms with Gasteiger partial charge in [0.25, 0.3) is 0 Å². The van der Waals surface area contributed by atoms with E-state index in [1.54, 1.807) is 18.2 Å². The zero-order valence-electron chi connectivity index (χ0n) is 65.8. The Balaban J connectivity index is 0.000000132. The normalized spacial score (nSPS) is 14.3. The smallest absolute Gasteiger partial charge is 0.189 e. The number of ether oxygens (including phenoxy) is 3. The molecule has 3 aliphatic rings. The number of rotatable bonds is 30. The Bertz CT molecular complexity index is 5790. The van der Waals surface area contributed by atoms with Gasteiger partial charge in [-0.25, -0.2) is 53.0 Å². The minimum absolute atomic E-state index is 0.0412. The van der Waals surface area contributed by atoms with Gasteiger partial charge in [-0.1, -0.05) is 116 Å². The minimum Gasteiger partial charge on any atom is -0.395 e. The predicted molar refractivity (Wildman–Crippen MR) is 481 cm³/mol. The first kappa shape index (κ1) is 86.9. The van der Waals surface area contributed by atoms with Crippen LogP contribution >= 0.6 is 80.1 Å². The topological polar surface area (TPSA) is 321 Å². The molecule has 0 unspecified atom stereocenters. The Morgan fingerprint density at radius 2 is 0.917 bits per heavy atom. The molecule has 17 rings (SSSR count). The first-order chi connectivity index (χ1) is 59.1. The first-order valence-corrected chi connectivity index (χ1v) is 43.4. The number of morpholine rings is 2. The molecular weight excluding hydrogens is 1690 g/mol. The Kier molecular flexibility index (Phi) is 31.1. The van der Waals surface area contributed by atoms with Gasteiger partial charge in [0.15, 0.2) is 66.4 Å². The molecule has 10 N–H and O–H groups in total. The van der Waals surface area contributed by atoms with Crippen molar-refractivity contribution in [3.63, 3.8) is 0 Å². The first-order valence-electron chi connectivity index (χ1n) is 39.0. The zero-order valence-corrected chi connectivity index (χ0v) is 71.3. The molecule has 3 saturated heterocycles. The monoisotopic (exact) mass is 1770 g/mol. The number of aliphatic hydroxyl groups is 1. The van der Waals surface area contributed by atoms with Gasteiger partial charge < -0.3 is 67.2 Å². The van der Waals surface area contributed by atoms with Gasteiger partial charge in [-0.15, -0.1) is 6.42 Å². The third-order valence-electron chi connectivity index (χ3n) is 19.0. The third-order valence-corrected chi connectivity index (χ3v) is 23.8. The summed E-state index contributed by atoms with van der Waals surface area (Å²) in [5.74, 6) is 3.76. The Hall–Kier alpha value is -10.5. The van der Waals surface area contributed by atoms with E-state index >= 15 is 0 Å². The van der Waals surface area contributed by atoms with Crippen LogP contribution in [0.25, 0.3) is 41.4 Å². The number of hydrogen-bond acceptors (Lipinski definition) is 32. The summed E-state index contributed by atoms with van der Waals surface area (Å²) < 4.78 is 59.7. The quantitative estimate of drug-likeness (QED) is 0.0148.